The Morgan fingerprint density at radius 1 is 1.04 bits per heavy atom. The van der Waals surface area contributed by atoms with Gasteiger partial charge in [0.1, 0.15) is 0 Å². The van der Waals surface area contributed by atoms with Crippen LogP contribution in [0.5, 0.6) is 0 Å². The Morgan fingerprint density at radius 2 is 1.87 bits per heavy atom. The maximum absolute atomic E-state index is 14.0. The number of carbonyl (C=O) groups is 2. The zero-order valence-corrected chi connectivity index (χ0v) is 26.6. The van der Waals surface area contributed by atoms with Crippen LogP contribution in [0.1, 0.15) is 60.9 Å². The maximum Gasteiger partial charge on any atom is 0.264 e. The summed E-state index contributed by atoms with van der Waals surface area (Å²) in [5, 5.41) is 31.0. The fraction of sp³-hybridized carbons (Fsp3) is 0.333. The van der Waals surface area contributed by atoms with E-state index in [9.17, 15) is 19.8 Å². The van der Waals surface area contributed by atoms with Crippen LogP contribution in [0.3, 0.4) is 0 Å². The van der Waals surface area contributed by atoms with Crippen molar-refractivity contribution >= 4 is 34.8 Å². The third-order valence-electron chi connectivity index (χ3n) is 9.02. The van der Waals surface area contributed by atoms with Gasteiger partial charge in [-0.1, -0.05) is 78.4 Å². The van der Waals surface area contributed by atoms with Crippen molar-refractivity contribution in [2.75, 3.05) is 23.0 Å². The molecule has 1 fully saturated rings. The molecule has 2 aliphatic rings. The smallest absolute Gasteiger partial charge is 0.264 e. The summed E-state index contributed by atoms with van der Waals surface area (Å²) >= 11 is 6.37. The summed E-state index contributed by atoms with van der Waals surface area (Å²) in [5.41, 5.74) is 2.63. The molecule has 0 radical (unpaired) electrons. The fourth-order valence-electron chi connectivity index (χ4n) is 6.44. The molecule has 1 saturated heterocycles. The van der Waals surface area contributed by atoms with Crippen LogP contribution in [-0.2, 0) is 28.3 Å². The quantitative estimate of drug-likeness (QED) is 0.207. The van der Waals surface area contributed by atoms with Gasteiger partial charge in [-0.25, -0.2) is 0 Å². The summed E-state index contributed by atoms with van der Waals surface area (Å²) in [6.07, 6.45) is 8.64. The van der Waals surface area contributed by atoms with Gasteiger partial charge in [-0.3, -0.25) is 14.3 Å². The third-order valence-corrected chi connectivity index (χ3v) is 9.26. The van der Waals surface area contributed by atoms with Crippen molar-refractivity contribution in [2.45, 2.75) is 57.2 Å². The molecule has 0 bridgehead atoms. The van der Waals surface area contributed by atoms with Gasteiger partial charge in [0.15, 0.2) is 5.60 Å². The molecule has 6 rings (SSSR count). The number of anilines is 2. The highest BCUT2D eigenvalue weighted by Gasteiger charge is 2.52. The zero-order valence-electron chi connectivity index (χ0n) is 25.8. The Hall–Kier alpha value is -4.31. The Bertz CT molecular complexity index is 1740. The average Bonchev–Trinajstić information content (AvgIpc) is 3.61. The van der Waals surface area contributed by atoms with Gasteiger partial charge in [-0.05, 0) is 60.7 Å². The molecule has 1 unspecified atom stereocenters. The Morgan fingerprint density at radius 3 is 2.65 bits per heavy atom. The van der Waals surface area contributed by atoms with Crippen molar-refractivity contribution in [2.24, 2.45) is 5.92 Å². The normalized spacial score (nSPS) is 19.6. The summed E-state index contributed by atoms with van der Waals surface area (Å²) < 4.78 is 1.73. The number of aromatic nitrogens is 3. The summed E-state index contributed by atoms with van der Waals surface area (Å²) in [6, 6.07) is 22.6. The number of halogens is 1. The fourth-order valence-corrected chi connectivity index (χ4v) is 6.62. The molecule has 4 aromatic rings. The number of aliphatic hydroxyl groups excluding tert-OH is 1. The second-order valence-corrected chi connectivity index (χ2v) is 12.5. The minimum Gasteiger partial charge on any atom is -0.395 e. The number of rotatable bonds is 11. The van der Waals surface area contributed by atoms with Crippen molar-refractivity contribution in [1.29, 1.82) is 0 Å². The number of piperidine rings is 1. The standard InChI is InChI=1S/C36H38ClN5O4/c1-25(10-5-7-18-40-23-32(38-39-40)30(24-43)27-12-3-2-4-13-27)36(46)31-21-28(37)16-17-33(31)42(35(36)45)22-26-11-9-14-29(20-26)41-19-8-6-15-34(41)44/h2-5,9-14,16-17,20-21,23,25,30,43,46H,6-8,15,18-19,22,24H2,1H3/b10-5+/t25-,30?,36+/m1/s1. The number of hydrogen-bond acceptors (Lipinski definition) is 6. The van der Waals surface area contributed by atoms with E-state index in [1.165, 1.54) is 0 Å². The molecule has 2 N–H and O–H groups in total. The van der Waals surface area contributed by atoms with Gasteiger partial charge in [0.25, 0.3) is 5.91 Å². The van der Waals surface area contributed by atoms with Crippen LogP contribution in [0.4, 0.5) is 11.4 Å². The molecule has 9 nitrogen and oxygen atoms in total. The Balaban J connectivity index is 1.16. The molecule has 0 aliphatic carbocycles. The van der Waals surface area contributed by atoms with Crippen molar-refractivity contribution in [1.82, 2.24) is 15.0 Å². The van der Waals surface area contributed by atoms with E-state index in [0.29, 0.717) is 47.9 Å². The van der Waals surface area contributed by atoms with E-state index >= 15 is 0 Å². The predicted octanol–water partition coefficient (Wildman–Crippen LogP) is 5.59. The molecule has 238 valence electrons. The van der Waals surface area contributed by atoms with Crippen molar-refractivity contribution in [3.05, 3.63) is 119 Å². The van der Waals surface area contributed by atoms with Crippen LogP contribution in [0.15, 0.2) is 91.1 Å². The molecule has 46 heavy (non-hydrogen) atoms. The Labute approximate surface area is 273 Å². The van der Waals surface area contributed by atoms with E-state index < -0.39 is 17.4 Å². The number of hydrogen-bond donors (Lipinski definition) is 2. The van der Waals surface area contributed by atoms with E-state index in [1.54, 1.807) is 27.8 Å². The third kappa shape index (κ3) is 6.23. The van der Waals surface area contributed by atoms with E-state index in [1.807, 2.05) is 84.8 Å². The Kier molecular flexibility index (Phi) is 9.35. The highest BCUT2D eigenvalue weighted by atomic mass is 35.5. The van der Waals surface area contributed by atoms with Crippen LogP contribution in [-0.4, -0.2) is 50.2 Å². The van der Waals surface area contributed by atoms with Gasteiger partial charge < -0.3 is 20.0 Å². The highest BCUT2D eigenvalue weighted by molar-refractivity contribution is 6.31. The molecule has 3 aromatic carbocycles. The lowest BCUT2D eigenvalue weighted by Crippen LogP contribution is -2.44. The lowest BCUT2D eigenvalue weighted by molar-refractivity contribution is -0.139. The molecule has 0 saturated carbocycles. The van der Waals surface area contributed by atoms with Crippen LogP contribution in [0.2, 0.25) is 5.02 Å². The van der Waals surface area contributed by atoms with E-state index in [-0.39, 0.29) is 25.0 Å². The van der Waals surface area contributed by atoms with Gasteiger partial charge in [0.05, 0.1) is 30.5 Å². The predicted molar refractivity (Wildman–Crippen MR) is 177 cm³/mol. The molecule has 3 atom stereocenters. The minimum atomic E-state index is -1.80. The van der Waals surface area contributed by atoms with Crippen LogP contribution < -0.4 is 9.80 Å². The summed E-state index contributed by atoms with van der Waals surface area (Å²) in [7, 11) is 0. The van der Waals surface area contributed by atoms with Crippen LogP contribution in [0, 0.1) is 5.92 Å². The van der Waals surface area contributed by atoms with E-state index in [0.717, 1.165) is 29.7 Å². The maximum atomic E-state index is 14.0. The SMILES string of the molecule is C[C@H](/C=C/CCn1cc(C(CO)c2ccccc2)nn1)[C@@]1(O)C(=O)N(Cc2cccc(N3CCCCC3=O)c2)c2ccc(Cl)cc21. The lowest BCUT2D eigenvalue weighted by Gasteiger charge is -2.28. The molecular formula is C36H38ClN5O4. The van der Waals surface area contributed by atoms with Crippen LogP contribution in [0.25, 0.3) is 0 Å². The largest absolute Gasteiger partial charge is 0.395 e. The summed E-state index contributed by atoms with van der Waals surface area (Å²) in [4.78, 5) is 30.0. The summed E-state index contributed by atoms with van der Waals surface area (Å²) in [5.74, 6) is -1.11. The van der Waals surface area contributed by atoms with Crippen molar-refractivity contribution in [3.8, 4) is 0 Å². The lowest BCUT2D eigenvalue weighted by atomic mass is 9.83. The van der Waals surface area contributed by atoms with Gasteiger partial charge >= 0.3 is 0 Å². The molecule has 10 heteroatoms. The van der Waals surface area contributed by atoms with Gasteiger partial charge in [0, 0.05) is 47.9 Å². The second-order valence-electron chi connectivity index (χ2n) is 12.0. The van der Waals surface area contributed by atoms with Crippen molar-refractivity contribution < 1.29 is 19.8 Å². The molecular weight excluding hydrogens is 602 g/mol. The topological polar surface area (TPSA) is 112 Å². The average molecular weight is 640 g/mol. The van der Waals surface area contributed by atoms with E-state index in [2.05, 4.69) is 10.3 Å². The van der Waals surface area contributed by atoms with Gasteiger partial charge in [-0.2, -0.15) is 0 Å². The number of benzene rings is 3. The van der Waals surface area contributed by atoms with Crippen molar-refractivity contribution in [3.63, 3.8) is 0 Å². The molecule has 2 aliphatic heterocycles. The first kappa shape index (κ1) is 31.7. The van der Waals surface area contributed by atoms with E-state index in [4.69, 9.17) is 11.6 Å². The number of fused-ring (bicyclic) bond motifs is 1. The zero-order chi connectivity index (χ0) is 32.3. The number of amides is 2. The highest BCUT2D eigenvalue weighted by Crippen LogP contribution is 2.47. The number of aliphatic hydroxyl groups is 2. The molecule has 3 heterocycles. The second kappa shape index (κ2) is 13.6. The van der Waals surface area contributed by atoms with Crippen LogP contribution >= 0.6 is 11.6 Å². The molecule has 0 spiro atoms. The number of carbonyl (C=O) groups excluding carboxylic acids is 2. The van der Waals surface area contributed by atoms with Gasteiger partial charge in [-0.15, -0.1) is 5.10 Å². The first-order chi connectivity index (χ1) is 22.3. The number of allylic oxidation sites excluding steroid dienone is 1. The van der Waals surface area contributed by atoms with Gasteiger partial charge in [0.2, 0.25) is 5.91 Å². The minimum absolute atomic E-state index is 0.0706. The first-order valence-corrected chi connectivity index (χ1v) is 16.1. The monoisotopic (exact) mass is 639 g/mol. The number of aryl methyl sites for hydroxylation is 1. The first-order valence-electron chi connectivity index (χ1n) is 15.8. The summed E-state index contributed by atoms with van der Waals surface area (Å²) in [6.45, 7) is 3.22. The molecule has 1 aromatic heterocycles. The number of nitrogens with zero attached hydrogens (tertiary/aromatic N) is 5. The molecule has 2 amide bonds.